The Morgan fingerprint density at radius 2 is 2.00 bits per heavy atom. The summed E-state index contributed by atoms with van der Waals surface area (Å²) in [6.45, 7) is 0. The van der Waals surface area contributed by atoms with Crippen LogP contribution in [0.15, 0.2) is 30.3 Å². The van der Waals surface area contributed by atoms with Gasteiger partial charge >= 0.3 is 0 Å². The molecule has 0 aliphatic carbocycles. The number of nitrogens with one attached hydrogen (secondary N) is 2. The van der Waals surface area contributed by atoms with E-state index in [0.29, 0.717) is 5.75 Å². The first-order valence-corrected chi connectivity index (χ1v) is 3.72. The number of benzene rings is 1. The lowest BCUT2D eigenvalue weighted by molar-refractivity contribution is 0.260. The summed E-state index contributed by atoms with van der Waals surface area (Å²) in [5.74, 6) is 5.68. The van der Waals surface area contributed by atoms with Gasteiger partial charge in [0, 0.05) is 0 Å². The van der Waals surface area contributed by atoms with Crippen molar-refractivity contribution in [3.63, 3.8) is 0 Å². The largest absolute Gasteiger partial charge is 0.380 e. The Balaban J connectivity index is 2.38. The fourth-order valence-electron chi connectivity index (χ4n) is 0.623. The Labute approximate surface area is 75.6 Å². The van der Waals surface area contributed by atoms with E-state index in [1.165, 1.54) is 0 Å². The van der Waals surface area contributed by atoms with E-state index >= 15 is 0 Å². The Kier molecular flexibility index (Phi) is 3.31. The molecule has 0 aliphatic heterocycles. The highest BCUT2D eigenvalue weighted by atomic mass is 32.1. The predicted molar refractivity (Wildman–Crippen MR) is 50.1 cm³/mol. The molecule has 0 radical (unpaired) electrons. The summed E-state index contributed by atoms with van der Waals surface area (Å²) >= 11 is 4.68. The Morgan fingerprint density at radius 1 is 1.33 bits per heavy atom. The molecule has 12 heavy (non-hydrogen) atoms. The van der Waals surface area contributed by atoms with Gasteiger partial charge in [-0.05, 0) is 24.4 Å². The zero-order valence-electron chi connectivity index (χ0n) is 6.28. The molecule has 4 N–H and O–H groups in total. The summed E-state index contributed by atoms with van der Waals surface area (Å²) in [7, 11) is 0. The van der Waals surface area contributed by atoms with Crippen molar-refractivity contribution in [3.8, 4) is 5.75 Å². The van der Waals surface area contributed by atoms with E-state index in [4.69, 9.17) is 10.7 Å². The highest BCUT2D eigenvalue weighted by Crippen LogP contribution is 2.05. The minimum atomic E-state index is 0.235. The van der Waals surface area contributed by atoms with Crippen LogP contribution in [0.2, 0.25) is 0 Å². The predicted octanol–water partition coefficient (Wildman–Crippen LogP) is 0.318. The zero-order chi connectivity index (χ0) is 8.81. The van der Waals surface area contributed by atoms with Crippen molar-refractivity contribution in [3.05, 3.63) is 30.3 Å². The van der Waals surface area contributed by atoms with Gasteiger partial charge in [0.15, 0.2) is 5.75 Å². The van der Waals surface area contributed by atoms with Crippen molar-refractivity contribution in [1.82, 2.24) is 10.9 Å². The smallest absolute Gasteiger partial charge is 0.214 e. The second kappa shape index (κ2) is 4.53. The van der Waals surface area contributed by atoms with Crippen LogP contribution in [0.5, 0.6) is 5.75 Å². The first-order chi connectivity index (χ1) is 5.83. The van der Waals surface area contributed by atoms with Crippen molar-refractivity contribution in [2.75, 3.05) is 0 Å². The van der Waals surface area contributed by atoms with Crippen LogP contribution in [0, 0.1) is 0 Å². The molecule has 5 heteroatoms. The molecule has 0 aromatic heterocycles. The van der Waals surface area contributed by atoms with E-state index in [2.05, 4.69) is 23.1 Å². The molecule has 0 saturated heterocycles. The van der Waals surface area contributed by atoms with Crippen LogP contribution in [0.4, 0.5) is 0 Å². The van der Waals surface area contributed by atoms with Gasteiger partial charge in [-0.1, -0.05) is 18.2 Å². The molecule has 1 aromatic rings. The summed E-state index contributed by atoms with van der Waals surface area (Å²) < 4.78 is 0. The van der Waals surface area contributed by atoms with Gasteiger partial charge in [-0.25, -0.2) is 5.84 Å². The van der Waals surface area contributed by atoms with Crippen LogP contribution < -0.4 is 21.6 Å². The molecule has 0 spiro atoms. The third kappa shape index (κ3) is 2.73. The Morgan fingerprint density at radius 3 is 2.58 bits per heavy atom. The molecule has 4 nitrogen and oxygen atoms in total. The highest BCUT2D eigenvalue weighted by molar-refractivity contribution is 7.80. The third-order valence-corrected chi connectivity index (χ3v) is 1.34. The number of hydrazine groups is 1. The second-order valence-electron chi connectivity index (χ2n) is 1.99. The van der Waals surface area contributed by atoms with Crippen LogP contribution in [0.3, 0.4) is 0 Å². The fourth-order valence-corrected chi connectivity index (χ4v) is 0.665. The van der Waals surface area contributed by atoms with Gasteiger partial charge in [0.05, 0.1) is 0 Å². The summed E-state index contributed by atoms with van der Waals surface area (Å²) in [5.41, 5.74) is 4.67. The molecule has 0 heterocycles. The standard InChI is InChI=1S/C7H9N3OS/c8-9-7(12)10-11-6-4-2-1-3-5-6/h1-5H,8H2,(H2,9,10,12). The molecular weight excluding hydrogens is 174 g/mol. The number of hydrogen-bond donors (Lipinski definition) is 3. The van der Waals surface area contributed by atoms with Crippen LogP contribution in [0.25, 0.3) is 0 Å². The minimum absolute atomic E-state index is 0.235. The van der Waals surface area contributed by atoms with Crippen molar-refractivity contribution in [2.24, 2.45) is 5.84 Å². The van der Waals surface area contributed by atoms with Crippen LogP contribution in [0.1, 0.15) is 0 Å². The van der Waals surface area contributed by atoms with Gasteiger partial charge in [0.1, 0.15) is 0 Å². The minimum Gasteiger partial charge on any atom is -0.380 e. The number of hydroxylamine groups is 1. The normalized spacial score (nSPS) is 8.75. The molecule has 0 aliphatic rings. The average molecular weight is 183 g/mol. The molecule has 0 amide bonds. The lowest BCUT2D eigenvalue weighted by Gasteiger charge is -2.07. The maximum absolute atomic E-state index is 5.02. The summed E-state index contributed by atoms with van der Waals surface area (Å²) in [4.78, 5) is 5.02. The molecule has 0 bridgehead atoms. The molecule has 0 fully saturated rings. The Bertz CT molecular complexity index is 252. The second-order valence-corrected chi connectivity index (χ2v) is 2.40. The van der Waals surface area contributed by atoms with Gasteiger partial charge in [0.25, 0.3) is 0 Å². The molecule has 64 valence electrons. The highest BCUT2D eigenvalue weighted by Gasteiger charge is 1.92. The molecular formula is C7H9N3OS. The van der Waals surface area contributed by atoms with Gasteiger partial charge in [-0.2, -0.15) is 5.48 Å². The third-order valence-electron chi connectivity index (χ3n) is 1.14. The Hall–Kier alpha value is -1.33. The van der Waals surface area contributed by atoms with Gasteiger partial charge < -0.3 is 4.84 Å². The van der Waals surface area contributed by atoms with Gasteiger partial charge in [-0.3, -0.25) is 5.43 Å². The van der Waals surface area contributed by atoms with Crippen LogP contribution >= 0.6 is 12.2 Å². The van der Waals surface area contributed by atoms with E-state index in [0.717, 1.165) is 0 Å². The van der Waals surface area contributed by atoms with E-state index in [9.17, 15) is 0 Å². The van der Waals surface area contributed by atoms with E-state index < -0.39 is 0 Å². The van der Waals surface area contributed by atoms with E-state index in [1.807, 2.05) is 18.2 Å². The molecule has 1 rings (SSSR count). The number of thiocarbonyl (C=S) groups is 1. The van der Waals surface area contributed by atoms with Crippen LogP contribution in [-0.2, 0) is 0 Å². The van der Waals surface area contributed by atoms with Gasteiger partial charge in [0.2, 0.25) is 5.11 Å². The fraction of sp³-hybridized carbons (Fsp3) is 0. The number of rotatable bonds is 2. The molecule has 0 unspecified atom stereocenters. The summed E-state index contributed by atoms with van der Waals surface area (Å²) in [6.07, 6.45) is 0. The van der Waals surface area contributed by atoms with Crippen molar-refractivity contribution in [2.45, 2.75) is 0 Å². The lowest BCUT2D eigenvalue weighted by Crippen LogP contribution is -2.41. The van der Waals surface area contributed by atoms with Gasteiger partial charge in [-0.15, -0.1) is 0 Å². The lowest BCUT2D eigenvalue weighted by atomic mass is 10.3. The maximum atomic E-state index is 5.02. The maximum Gasteiger partial charge on any atom is 0.214 e. The number of nitrogens with two attached hydrogens (primary N) is 1. The van der Waals surface area contributed by atoms with Crippen LogP contribution in [-0.4, -0.2) is 5.11 Å². The summed E-state index contributed by atoms with van der Waals surface area (Å²) in [6, 6.07) is 9.20. The molecule has 0 atom stereocenters. The van der Waals surface area contributed by atoms with Crippen molar-refractivity contribution < 1.29 is 4.84 Å². The van der Waals surface area contributed by atoms with E-state index in [1.54, 1.807) is 12.1 Å². The van der Waals surface area contributed by atoms with E-state index in [-0.39, 0.29) is 5.11 Å². The van der Waals surface area contributed by atoms with Crippen molar-refractivity contribution in [1.29, 1.82) is 0 Å². The van der Waals surface area contributed by atoms with Crippen molar-refractivity contribution >= 4 is 17.3 Å². The zero-order valence-corrected chi connectivity index (χ0v) is 7.10. The summed E-state index contributed by atoms with van der Waals surface area (Å²) in [5, 5.41) is 0.235. The average Bonchev–Trinajstić information content (AvgIpc) is 2.16. The monoisotopic (exact) mass is 183 g/mol. The SMILES string of the molecule is NNC(=S)NOc1ccccc1. The first kappa shape index (κ1) is 8.76. The molecule has 1 aromatic carbocycles. The first-order valence-electron chi connectivity index (χ1n) is 3.31. The number of para-hydroxylation sites is 1. The number of hydrogen-bond acceptors (Lipinski definition) is 3. The molecule has 0 saturated carbocycles. The quantitative estimate of drug-likeness (QED) is 0.350. The topological polar surface area (TPSA) is 59.3 Å².